The maximum Gasteiger partial charge on any atom is 0.408 e. The van der Waals surface area contributed by atoms with Crippen LogP contribution >= 0.6 is 15.9 Å². The number of amides is 1. The highest BCUT2D eigenvalue weighted by molar-refractivity contribution is 9.10. The fourth-order valence-electron chi connectivity index (χ4n) is 2.12. The van der Waals surface area contributed by atoms with Crippen LogP contribution in [-0.4, -0.2) is 11.6 Å². The molecule has 3 nitrogen and oxygen atoms in total. The van der Waals surface area contributed by atoms with Gasteiger partial charge in [0.15, 0.2) is 0 Å². The lowest BCUT2D eigenvalue weighted by atomic mass is 10.1. The Morgan fingerprint density at radius 1 is 1.44 bits per heavy atom. The number of ether oxygens (including phenoxy) is 1. The van der Waals surface area contributed by atoms with Gasteiger partial charge < -0.3 is 10.1 Å². The molecule has 0 heterocycles. The zero-order valence-corrected chi connectivity index (χ0v) is 12.5. The molecule has 18 heavy (non-hydrogen) atoms. The van der Waals surface area contributed by atoms with Gasteiger partial charge in [0.25, 0.3) is 0 Å². The average Bonchev–Trinajstić information content (AvgIpc) is 2.58. The normalized spacial score (nSPS) is 18.3. The van der Waals surface area contributed by atoms with Gasteiger partial charge in [0.2, 0.25) is 0 Å². The third kappa shape index (κ3) is 3.25. The highest BCUT2D eigenvalue weighted by Gasteiger charge is 2.27. The van der Waals surface area contributed by atoms with Crippen molar-refractivity contribution < 1.29 is 9.53 Å². The van der Waals surface area contributed by atoms with E-state index in [2.05, 4.69) is 27.3 Å². The first-order chi connectivity index (χ1) is 8.35. The summed E-state index contributed by atoms with van der Waals surface area (Å²) < 4.78 is 6.52. The van der Waals surface area contributed by atoms with Gasteiger partial charge in [0.1, 0.15) is 6.10 Å². The summed E-state index contributed by atoms with van der Waals surface area (Å²) in [4.78, 5) is 11.8. The van der Waals surface area contributed by atoms with Crippen LogP contribution in [0.2, 0.25) is 0 Å². The SMILES string of the molecule is CC(C)(C)NC(=O)OC1CCc2ccc(Br)cc21. The predicted octanol–water partition coefficient (Wildman–Crippen LogP) is 3.96. The molecule has 1 unspecified atom stereocenters. The first-order valence-corrected chi connectivity index (χ1v) is 6.91. The summed E-state index contributed by atoms with van der Waals surface area (Å²) in [5, 5.41) is 2.82. The minimum absolute atomic E-state index is 0.125. The van der Waals surface area contributed by atoms with Crippen molar-refractivity contribution in [3.8, 4) is 0 Å². The molecular weight excluding hydrogens is 294 g/mol. The van der Waals surface area contributed by atoms with Gasteiger partial charge in [-0.25, -0.2) is 4.79 Å². The molecule has 1 N–H and O–H groups in total. The molecule has 1 aliphatic carbocycles. The summed E-state index contributed by atoms with van der Waals surface area (Å²) in [6.45, 7) is 5.81. The maximum atomic E-state index is 11.8. The van der Waals surface area contributed by atoms with E-state index in [1.54, 1.807) is 0 Å². The Balaban J connectivity index is 2.06. The summed E-state index contributed by atoms with van der Waals surface area (Å²) in [5.74, 6) is 0. The molecule has 4 heteroatoms. The van der Waals surface area contributed by atoms with Crippen LogP contribution in [0.15, 0.2) is 22.7 Å². The lowest BCUT2D eigenvalue weighted by Gasteiger charge is -2.22. The molecule has 0 fully saturated rings. The van der Waals surface area contributed by atoms with Crippen molar-refractivity contribution in [3.05, 3.63) is 33.8 Å². The van der Waals surface area contributed by atoms with Gasteiger partial charge in [-0.3, -0.25) is 0 Å². The minimum Gasteiger partial charge on any atom is -0.441 e. The van der Waals surface area contributed by atoms with Gasteiger partial charge in [-0.05, 0) is 56.9 Å². The molecule has 1 aliphatic rings. The molecule has 0 radical (unpaired) electrons. The standard InChI is InChI=1S/C14H18BrNO2/c1-14(2,3)16-13(17)18-12-7-5-9-4-6-10(15)8-11(9)12/h4,6,8,12H,5,7H2,1-3H3,(H,16,17). The largest absolute Gasteiger partial charge is 0.441 e. The van der Waals surface area contributed by atoms with E-state index in [4.69, 9.17) is 4.74 Å². The molecular formula is C14H18BrNO2. The smallest absolute Gasteiger partial charge is 0.408 e. The molecule has 1 amide bonds. The van der Waals surface area contributed by atoms with Crippen LogP contribution in [0.25, 0.3) is 0 Å². The Bertz CT molecular complexity index is 465. The van der Waals surface area contributed by atoms with Crippen LogP contribution in [0.4, 0.5) is 4.79 Å². The number of aryl methyl sites for hydroxylation is 1. The number of carbonyl (C=O) groups excluding carboxylic acids is 1. The predicted molar refractivity (Wildman–Crippen MR) is 74.6 cm³/mol. The van der Waals surface area contributed by atoms with E-state index in [1.807, 2.05) is 32.9 Å². The summed E-state index contributed by atoms with van der Waals surface area (Å²) in [6.07, 6.45) is 1.36. The Kier molecular flexibility index (Phi) is 3.66. The Labute approximate surface area is 116 Å². The van der Waals surface area contributed by atoms with Crippen LogP contribution in [0.3, 0.4) is 0 Å². The van der Waals surface area contributed by atoms with Crippen LogP contribution in [0, 0.1) is 0 Å². The number of rotatable bonds is 1. The molecule has 1 aromatic rings. The zero-order chi connectivity index (χ0) is 13.3. The van der Waals surface area contributed by atoms with E-state index in [0.717, 1.165) is 22.9 Å². The molecule has 0 aliphatic heterocycles. The van der Waals surface area contributed by atoms with Crippen molar-refractivity contribution >= 4 is 22.0 Å². The zero-order valence-electron chi connectivity index (χ0n) is 10.9. The molecule has 0 spiro atoms. The second kappa shape index (κ2) is 4.92. The van der Waals surface area contributed by atoms with Crippen molar-refractivity contribution in [2.75, 3.05) is 0 Å². The lowest BCUT2D eigenvalue weighted by molar-refractivity contribution is 0.0918. The average molecular weight is 312 g/mol. The highest BCUT2D eigenvalue weighted by Crippen LogP contribution is 2.35. The van der Waals surface area contributed by atoms with Gasteiger partial charge in [-0.2, -0.15) is 0 Å². The topological polar surface area (TPSA) is 38.3 Å². The van der Waals surface area contributed by atoms with E-state index < -0.39 is 0 Å². The molecule has 1 atom stereocenters. The Morgan fingerprint density at radius 2 is 2.17 bits per heavy atom. The summed E-state index contributed by atoms with van der Waals surface area (Å²) in [5.41, 5.74) is 2.12. The van der Waals surface area contributed by atoms with E-state index in [1.165, 1.54) is 5.56 Å². The van der Waals surface area contributed by atoms with Crippen LogP contribution < -0.4 is 5.32 Å². The lowest BCUT2D eigenvalue weighted by Crippen LogP contribution is -2.41. The third-order valence-corrected chi connectivity index (χ3v) is 3.35. The number of carbonyl (C=O) groups is 1. The van der Waals surface area contributed by atoms with Crippen LogP contribution in [-0.2, 0) is 11.2 Å². The number of hydrogen-bond donors (Lipinski definition) is 1. The molecule has 0 saturated carbocycles. The maximum absolute atomic E-state index is 11.8. The van der Waals surface area contributed by atoms with E-state index in [0.29, 0.717) is 0 Å². The Hall–Kier alpha value is -1.03. The number of hydrogen-bond acceptors (Lipinski definition) is 2. The fraction of sp³-hybridized carbons (Fsp3) is 0.500. The van der Waals surface area contributed by atoms with Crippen LogP contribution in [0.5, 0.6) is 0 Å². The molecule has 0 bridgehead atoms. The quantitative estimate of drug-likeness (QED) is 0.852. The number of alkyl carbamates (subject to hydrolysis) is 1. The molecule has 1 aromatic carbocycles. The van der Waals surface area contributed by atoms with Gasteiger partial charge in [-0.15, -0.1) is 0 Å². The monoisotopic (exact) mass is 311 g/mol. The fourth-order valence-corrected chi connectivity index (χ4v) is 2.50. The van der Waals surface area contributed by atoms with Crippen LogP contribution in [0.1, 0.15) is 44.4 Å². The van der Waals surface area contributed by atoms with Crippen molar-refractivity contribution in [1.29, 1.82) is 0 Å². The molecule has 98 valence electrons. The van der Waals surface area contributed by atoms with Crippen molar-refractivity contribution in [1.82, 2.24) is 5.32 Å². The highest BCUT2D eigenvalue weighted by atomic mass is 79.9. The van der Waals surface area contributed by atoms with Gasteiger partial charge >= 0.3 is 6.09 Å². The molecule has 0 saturated heterocycles. The summed E-state index contributed by atoms with van der Waals surface area (Å²) in [6, 6.07) is 6.15. The first-order valence-electron chi connectivity index (χ1n) is 6.12. The van der Waals surface area contributed by atoms with Gasteiger partial charge in [0, 0.05) is 10.0 Å². The number of fused-ring (bicyclic) bond motifs is 1. The van der Waals surface area contributed by atoms with E-state index in [9.17, 15) is 4.79 Å². The third-order valence-electron chi connectivity index (χ3n) is 2.86. The van der Waals surface area contributed by atoms with Gasteiger partial charge in [-0.1, -0.05) is 22.0 Å². The molecule has 0 aromatic heterocycles. The second-order valence-corrected chi connectivity index (χ2v) is 6.57. The summed E-state index contributed by atoms with van der Waals surface area (Å²) in [7, 11) is 0. The summed E-state index contributed by atoms with van der Waals surface area (Å²) >= 11 is 3.45. The van der Waals surface area contributed by atoms with E-state index in [-0.39, 0.29) is 17.7 Å². The minimum atomic E-state index is -0.347. The number of halogens is 1. The number of nitrogens with one attached hydrogen (secondary N) is 1. The van der Waals surface area contributed by atoms with Crippen molar-refractivity contribution in [3.63, 3.8) is 0 Å². The Morgan fingerprint density at radius 3 is 2.83 bits per heavy atom. The molecule has 2 rings (SSSR count). The second-order valence-electron chi connectivity index (χ2n) is 5.65. The van der Waals surface area contributed by atoms with Gasteiger partial charge in [0.05, 0.1) is 0 Å². The van der Waals surface area contributed by atoms with Crippen molar-refractivity contribution in [2.45, 2.75) is 45.3 Å². The van der Waals surface area contributed by atoms with E-state index >= 15 is 0 Å². The first kappa shape index (κ1) is 13.4. The van der Waals surface area contributed by atoms with Crippen molar-refractivity contribution in [2.24, 2.45) is 0 Å². The number of benzene rings is 1.